The number of fused-ring (bicyclic) bond motifs is 12. The summed E-state index contributed by atoms with van der Waals surface area (Å²) < 4.78 is 9.55. The molecule has 0 amide bonds. The van der Waals surface area contributed by atoms with E-state index >= 15 is 0 Å². The average molecular weight is 1150 g/mol. The van der Waals surface area contributed by atoms with Crippen molar-refractivity contribution in [2.45, 2.75) is 13.8 Å². The van der Waals surface area contributed by atoms with Crippen molar-refractivity contribution >= 4 is 87.2 Å². The summed E-state index contributed by atoms with van der Waals surface area (Å²) >= 11 is 0. The third-order valence-electron chi connectivity index (χ3n) is 18.3. The van der Waals surface area contributed by atoms with E-state index in [1.54, 1.807) is 0 Å². The first-order valence-electron chi connectivity index (χ1n) is 31.1. The predicted molar refractivity (Wildman–Crippen MR) is 381 cm³/mol. The minimum absolute atomic E-state index is 1.17. The van der Waals surface area contributed by atoms with Crippen LogP contribution < -0.4 is 0 Å². The second kappa shape index (κ2) is 21.6. The van der Waals surface area contributed by atoms with Gasteiger partial charge in [-0.25, -0.2) is 0 Å². The van der Waals surface area contributed by atoms with Gasteiger partial charge in [-0.05, 0) is 180 Å². The number of rotatable bonds is 8. The van der Waals surface area contributed by atoms with Crippen LogP contribution >= 0.6 is 0 Å². The topological polar surface area (TPSA) is 19.7 Å². The van der Waals surface area contributed by atoms with Crippen molar-refractivity contribution in [1.82, 2.24) is 18.3 Å². The molecule has 0 aliphatic heterocycles. The molecule has 0 unspecified atom stereocenters. The third kappa shape index (κ3) is 8.91. The number of aromatic nitrogens is 4. The van der Waals surface area contributed by atoms with Crippen molar-refractivity contribution in [3.05, 3.63) is 339 Å². The summed E-state index contributed by atoms with van der Waals surface area (Å²) in [5.74, 6) is 0. The van der Waals surface area contributed by atoms with E-state index in [1.807, 2.05) is 0 Å². The van der Waals surface area contributed by atoms with E-state index in [9.17, 15) is 0 Å². The predicted octanol–water partition coefficient (Wildman–Crippen LogP) is 23.0. The van der Waals surface area contributed by atoms with Crippen LogP contribution in [0.4, 0.5) is 0 Å². The molecule has 0 atom stereocenters. The quantitative estimate of drug-likeness (QED) is 0.144. The van der Waals surface area contributed by atoms with Crippen LogP contribution in [0.3, 0.4) is 0 Å². The molecule has 0 spiro atoms. The van der Waals surface area contributed by atoms with Gasteiger partial charge in [0.25, 0.3) is 0 Å². The van der Waals surface area contributed by atoms with Crippen LogP contribution in [0.25, 0.3) is 154 Å². The van der Waals surface area contributed by atoms with E-state index in [1.165, 1.54) is 166 Å². The van der Waals surface area contributed by atoms with Gasteiger partial charge in [0.1, 0.15) is 0 Å². The SMILES string of the molecule is Cc1ccc(-c2cccc(-n3c4ccccc4c4cc(-c5ccc6c(c5)c5ccccc5n6-c5ccccc5)ccc43)c2)cc1.Cc1cccc(-c2cccc(-n3c4ccccc4c4cc(-c5ccc6c(c5)c5ccccc5n6-c5ccccc5)ccc43)c2)c1. The summed E-state index contributed by atoms with van der Waals surface area (Å²) in [5, 5.41) is 10.1. The molecule has 424 valence electrons. The zero-order valence-electron chi connectivity index (χ0n) is 50.0. The van der Waals surface area contributed by atoms with Crippen LogP contribution in [-0.2, 0) is 0 Å². The smallest absolute Gasteiger partial charge is 0.0541 e. The molecule has 0 radical (unpaired) electrons. The standard InChI is InChI=1S/2C43H30N2/c1-29-11-9-12-30(25-29)31-13-10-16-35(26-31)45-41-20-8-6-18-37(41)39-28-33(22-24-43(39)45)32-21-23-42-38(27-32)36-17-5-7-19-40(36)44(42)34-14-3-2-4-15-34;1-29-18-20-30(21-19-29)31-10-9-13-35(26-31)45-41-17-8-6-15-37(41)39-28-33(23-25-43(39)45)32-22-24-42-38(27-32)36-14-5-7-16-40(36)44(42)34-11-3-2-4-12-34/h2*2-28H,1H3. The van der Waals surface area contributed by atoms with E-state index < -0.39 is 0 Å². The summed E-state index contributed by atoms with van der Waals surface area (Å²) in [6, 6.07) is 119. The van der Waals surface area contributed by atoms with E-state index in [4.69, 9.17) is 0 Å². The molecule has 0 fully saturated rings. The molecule has 90 heavy (non-hydrogen) atoms. The average Bonchev–Trinajstić information content (AvgIpc) is 1.70. The highest BCUT2D eigenvalue weighted by molar-refractivity contribution is 6.15. The maximum atomic E-state index is 2.41. The molecule has 18 rings (SSSR count). The Bertz CT molecular complexity index is 5800. The van der Waals surface area contributed by atoms with Gasteiger partial charge in [-0.15, -0.1) is 0 Å². The summed E-state index contributed by atoms with van der Waals surface area (Å²) in [5.41, 5.74) is 26.8. The lowest BCUT2D eigenvalue weighted by molar-refractivity contribution is 1.18. The molecule has 4 aromatic heterocycles. The Labute approximate surface area is 522 Å². The van der Waals surface area contributed by atoms with E-state index in [0.717, 1.165) is 0 Å². The molecule has 0 saturated heterocycles. The molecule has 0 saturated carbocycles. The molecule has 4 heterocycles. The summed E-state index contributed by atoms with van der Waals surface area (Å²) in [6.45, 7) is 4.28. The van der Waals surface area contributed by atoms with Gasteiger partial charge in [-0.1, -0.05) is 217 Å². The second-order valence-corrected chi connectivity index (χ2v) is 23.8. The Morgan fingerprint density at radius 2 is 0.422 bits per heavy atom. The number of hydrogen-bond acceptors (Lipinski definition) is 0. The number of hydrogen-bond donors (Lipinski definition) is 0. The fourth-order valence-corrected chi connectivity index (χ4v) is 14.1. The number of benzene rings is 14. The minimum atomic E-state index is 1.17. The number of para-hydroxylation sites is 6. The highest BCUT2D eigenvalue weighted by Gasteiger charge is 2.19. The fourth-order valence-electron chi connectivity index (χ4n) is 14.1. The van der Waals surface area contributed by atoms with Crippen molar-refractivity contribution in [2.75, 3.05) is 0 Å². The third-order valence-corrected chi connectivity index (χ3v) is 18.3. The van der Waals surface area contributed by atoms with Crippen LogP contribution in [0.15, 0.2) is 328 Å². The Morgan fingerprint density at radius 1 is 0.156 bits per heavy atom. The molecule has 0 bridgehead atoms. The van der Waals surface area contributed by atoms with Gasteiger partial charge in [0.05, 0.1) is 44.1 Å². The van der Waals surface area contributed by atoms with Gasteiger partial charge < -0.3 is 18.3 Å². The first-order chi connectivity index (χ1) is 44.5. The van der Waals surface area contributed by atoms with E-state index in [0.29, 0.717) is 0 Å². The maximum Gasteiger partial charge on any atom is 0.0541 e. The molecular weight excluding hydrogens is 1090 g/mol. The second-order valence-electron chi connectivity index (χ2n) is 23.8. The lowest BCUT2D eigenvalue weighted by atomic mass is 10.0. The van der Waals surface area contributed by atoms with Gasteiger partial charge in [0.15, 0.2) is 0 Å². The molecule has 0 aliphatic rings. The molecule has 0 aliphatic carbocycles. The Balaban J connectivity index is 0.000000139. The van der Waals surface area contributed by atoms with Crippen molar-refractivity contribution < 1.29 is 0 Å². The maximum absolute atomic E-state index is 2.41. The minimum Gasteiger partial charge on any atom is -0.309 e. The number of nitrogens with zero attached hydrogens (tertiary/aromatic N) is 4. The zero-order valence-corrected chi connectivity index (χ0v) is 50.0. The highest BCUT2D eigenvalue weighted by atomic mass is 15.0. The lowest BCUT2D eigenvalue weighted by Crippen LogP contribution is -1.94. The van der Waals surface area contributed by atoms with Gasteiger partial charge >= 0.3 is 0 Å². The van der Waals surface area contributed by atoms with Gasteiger partial charge in [-0.3, -0.25) is 0 Å². The van der Waals surface area contributed by atoms with E-state index in [-0.39, 0.29) is 0 Å². The van der Waals surface area contributed by atoms with Crippen LogP contribution in [0.1, 0.15) is 11.1 Å². The highest BCUT2D eigenvalue weighted by Crippen LogP contribution is 2.42. The molecule has 0 N–H and O–H groups in total. The molecule has 18 aromatic rings. The number of aryl methyl sites for hydroxylation is 2. The van der Waals surface area contributed by atoms with Crippen molar-refractivity contribution in [1.29, 1.82) is 0 Å². The Morgan fingerprint density at radius 3 is 0.789 bits per heavy atom. The normalized spacial score (nSPS) is 11.7. The van der Waals surface area contributed by atoms with Crippen molar-refractivity contribution in [2.24, 2.45) is 0 Å². The van der Waals surface area contributed by atoms with Gasteiger partial charge in [0.2, 0.25) is 0 Å². The van der Waals surface area contributed by atoms with Crippen LogP contribution in [0, 0.1) is 13.8 Å². The van der Waals surface area contributed by atoms with Crippen LogP contribution in [0.5, 0.6) is 0 Å². The van der Waals surface area contributed by atoms with E-state index in [2.05, 4.69) is 360 Å². The molecule has 14 aromatic carbocycles. The van der Waals surface area contributed by atoms with Gasteiger partial charge in [0, 0.05) is 65.8 Å². The monoisotopic (exact) mass is 1150 g/mol. The zero-order chi connectivity index (χ0) is 59.8. The Kier molecular flexibility index (Phi) is 12.6. The summed E-state index contributed by atoms with van der Waals surface area (Å²) in [7, 11) is 0. The summed E-state index contributed by atoms with van der Waals surface area (Å²) in [4.78, 5) is 0. The molecule has 4 nitrogen and oxygen atoms in total. The fraction of sp³-hybridized carbons (Fsp3) is 0.0233. The Hall–Kier alpha value is -11.7. The van der Waals surface area contributed by atoms with Gasteiger partial charge in [-0.2, -0.15) is 0 Å². The van der Waals surface area contributed by atoms with Crippen LogP contribution in [-0.4, -0.2) is 18.3 Å². The molecule has 4 heteroatoms. The van der Waals surface area contributed by atoms with Crippen molar-refractivity contribution in [3.63, 3.8) is 0 Å². The first-order valence-corrected chi connectivity index (χ1v) is 31.1. The molecular formula is C86H60N4. The lowest BCUT2D eigenvalue weighted by Gasteiger charge is -2.11. The summed E-state index contributed by atoms with van der Waals surface area (Å²) in [6.07, 6.45) is 0. The first kappa shape index (κ1) is 52.6. The van der Waals surface area contributed by atoms with Crippen LogP contribution in [0.2, 0.25) is 0 Å². The van der Waals surface area contributed by atoms with Crippen molar-refractivity contribution in [3.8, 4) is 67.3 Å². The largest absolute Gasteiger partial charge is 0.309 e.